The summed E-state index contributed by atoms with van der Waals surface area (Å²) in [6.07, 6.45) is 9.80. The van der Waals surface area contributed by atoms with Crippen molar-refractivity contribution in [2.45, 2.75) is 97.2 Å². The average molecular weight is 407 g/mol. The van der Waals surface area contributed by atoms with Gasteiger partial charge in [-0.2, -0.15) is 0 Å². The molecule has 4 fully saturated rings. The fourth-order valence-corrected chi connectivity index (χ4v) is 8.82. The Labute approximate surface area is 176 Å². The van der Waals surface area contributed by atoms with Gasteiger partial charge in [0.15, 0.2) is 0 Å². The van der Waals surface area contributed by atoms with Crippen LogP contribution in [0.5, 0.6) is 0 Å². The molecule has 2 N–H and O–H groups in total. The smallest absolute Gasteiger partial charge is 0.305 e. The number of carbonyl (C=O) groups is 1. The number of methoxy groups -OCH3 is 1. The third-order valence-electron chi connectivity index (χ3n) is 10.4. The molecule has 29 heavy (non-hydrogen) atoms. The molecule has 0 amide bonds. The molecule has 0 bridgehead atoms. The van der Waals surface area contributed by atoms with Crippen LogP contribution < -0.4 is 0 Å². The zero-order valence-corrected chi connectivity index (χ0v) is 18.9. The van der Waals surface area contributed by atoms with Gasteiger partial charge >= 0.3 is 5.97 Å². The van der Waals surface area contributed by atoms with Gasteiger partial charge in [0.05, 0.1) is 19.3 Å². The van der Waals surface area contributed by atoms with E-state index in [1.807, 2.05) is 0 Å². The third-order valence-corrected chi connectivity index (χ3v) is 10.4. The SMILES string of the molecule is COC(=O)CC[C@@H](C)[C@@H]1CC[C@H]2[C@@H]3[C@H](O)C[C@H]4C[C@@H](O)CC[C@]4(C)[C@H]3CC[C@@]21C. The number of fused-ring (bicyclic) bond motifs is 5. The van der Waals surface area contributed by atoms with Crippen LogP contribution in [0, 0.1) is 46.3 Å². The van der Waals surface area contributed by atoms with Crippen LogP contribution >= 0.6 is 0 Å². The van der Waals surface area contributed by atoms with E-state index in [0.29, 0.717) is 47.3 Å². The molecule has 4 saturated carbocycles. The van der Waals surface area contributed by atoms with Crippen molar-refractivity contribution in [2.75, 3.05) is 7.11 Å². The molecule has 4 aliphatic rings. The van der Waals surface area contributed by atoms with E-state index >= 15 is 0 Å². The van der Waals surface area contributed by atoms with Gasteiger partial charge < -0.3 is 14.9 Å². The molecule has 166 valence electrons. The number of hydrogen-bond acceptors (Lipinski definition) is 4. The lowest BCUT2D eigenvalue weighted by Gasteiger charge is -2.62. The predicted molar refractivity (Wildman–Crippen MR) is 113 cm³/mol. The van der Waals surface area contributed by atoms with E-state index in [1.54, 1.807) is 0 Å². The van der Waals surface area contributed by atoms with Crippen LogP contribution in [0.25, 0.3) is 0 Å². The van der Waals surface area contributed by atoms with Gasteiger partial charge in [0.2, 0.25) is 0 Å². The van der Waals surface area contributed by atoms with Crippen molar-refractivity contribution in [3.63, 3.8) is 0 Å². The molecular weight excluding hydrogens is 364 g/mol. The van der Waals surface area contributed by atoms with Crippen molar-refractivity contribution in [3.8, 4) is 0 Å². The lowest BCUT2D eigenvalue weighted by atomic mass is 9.43. The second kappa shape index (κ2) is 7.82. The number of carbonyl (C=O) groups excluding carboxylic acids is 1. The summed E-state index contributed by atoms with van der Waals surface area (Å²) >= 11 is 0. The average Bonchev–Trinajstić information content (AvgIpc) is 3.04. The fourth-order valence-electron chi connectivity index (χ4n) is 8.82. The van der Waals surface area contributed by atoms with Gasteiger partial charge in [-0.1, -0.05) is 20.8 Å². The summed E-state index contributed by atoms with van der Waals surface area (Å²) in [5.74, 6) is 3.17. The number of esters is 1. The van der Waals surface area contributed by atoms with Crippen molar-refractivity contribution in [3.05, 3.63) is 0 Å². The van der Waals surface area contributed by atoms with Crippen LogP contribution in [0.4, 0.5) is 0 Å². The van der Waals surface area contributed by atoms with Crippen molar-refractivity contribution < 1.29 is 19.7 Å². The molecule has 0 aromatic carbocycles. The number of aliphatic hydroxyl groups excluding tert-OH is 2. The molecule has 4 rings (SSSR count). The quantitative estimate of drug-likeness (QED) is 0.671. The molecule has 0 aromatic heterocycles. The molecule has 0 saturated heterocycles. The van der Waals surface area contributed by atoms with Gasteiger partial charge in [-0.3, -0.25) is 4.79 Å². The number of rotatable bonds is 4. The van der Waals surface area contributed by atoms with Crippen molar-refractivity contribution in [1.82, 2.24) is 0 Å². The van der Waals surface area contributed by atoms with Crippen LogP contribution in [-0.2, 0) is 9.53 Å². The zero-order valence-electron chi connectivity index (χ0n) is 18.9. The molecule has 0 heterocycles. The van der Waals surface area contributed by atoms with E-state index in [9.17, 15) is 15.0 Å². The van der Waals surface area contributed by atoms with Gasteiger partial charge in [-0.15, -0.1) is 0 Å². The van der Waals surface area contributed by atoms with E-state index in [0.717, 1.165) is 32.1 Å². The Kier molecular flexibility index (Phi) is 5.83. The van der Waals surface area contributed by atoms with Crippen LogP contribution in [0.2, 0.25) is 0 Å². The van der Waals surface area contributed by atoms with Crippen molar-refractivity contribution in [2.24, 2.45) is 46.3 Å². The summed E-state index contributed by atoms with van der Waals surface area (Å²) in [7, 11) is 1.48. The summed E-state index contributed by atoms with van der Waals surface area (Å²) in [5, 5.41) is 21.5. The minimum Gasteiger partial charge on any atom is -0.469 e. The summed E-state index contributed by atoms with van der Waals surface area (Å²) < 4.78 is 4.86. The first-order valence-corrected chi connectivity index (χ1v) is 12.1. The molecule has 0 radical (unpaired) electrons. The Hall–Kier alpha value is -0.610. The topological polar surface area (TPSA) is 66.8 Å². The van der Waals surface area contributed by atoms with Crippen molar-refractivity contribution >= 4 is 5.97 Å². The van der Waals surface area contributed by atoms with Crippen LogP contribution in [0.1, 0.15) is 85.0 Å². The molecule has 0 spiro atoms. The maximum atomic E-state index is 11.6. The Bertz CT molecular complexity index is 620. The number of aliphatic hydroxyl groups is 2. The summed E-state index contributed by atoms with van der Waals surface area (Å²) in [4.78, 5) is 11.6. The summed E-state index contributed by atoms with van der Waals surface area (Å²) in [6, 6.07) is 0. The molecule has 4 aliphatic carbocycles. The first kappa shape index (κ1) is 21.6. The highest BCUT2D eigenvalue weighted by Gasteiger charge is 2.62. The molecule has 0 aliphatic heterocycles. The van der Waals surface area contributed by atoms with Crippen LogP contribution in [0.15, 0.2) is 0 Å². The first-order valence-electron chi connectivity index (χ1n) is 12.1. The number of hydrogen-bond donors (Lipinski definition) is 2. The minimum atomic E-state index is -0.211. The maximum Gasteiger partial charge on any atom is 0.305 e. The van der Waals surface area contributed by atoms with E-state index < -0.39 is 0 Å². The maximum absolute atomic E-state index is 11.6. The predicted octanol–water partition coefficient (Wildman–Crippen LogP) is 4.57. The van der Waals surface area contributed by atoms with Crippen molar-refractivity contribution in [1.29, 1.82) is 0 Å². The lowest BCUT2D eigenvalue weighted by molar-refractivity contribution is -0.174. The molecule has 4 heteroatoms. The van der Waals surface area contributed by atoms with Gasteiger partial charge in [0.1, 0.15) is 0 Å². The van der Waals surface area contributed by atoms with E-state index in [-0.39, 0.29) is 23.6 Å². The molecule has 0 aromatic rings. The zero-order chi connectivity index (χ0) is 21.0. The monoisotopic (exact) mass is 406 g/mol. The first-order chi connectivity index (χ1) is 13.7. The largest absolute Gasteiger partial charge is 0.469 e. The van der Waals surface area contributed by atoms with E-state index in [4.69, 9.17) is 4.74 Å². The Morgan fingerprint density at radius 1 is 1.03 bits per heavy atom. The second-order valence-corrected chi connectivity index (χ2v) is 11.5. The van der Waals surface area contributed by atoms with Crippen LogP contribution in [0.3, 0.4) is 0 Å². The highest BCUT2D eigenvalue weighted by Crippen LogP contribution is 2.68. The number of ether oxygens (including phenoxy) is 1. The second-order valence-electron chi connectivity index (χ2n) is 11.5. The van der Waals surface area contributed by atoms with Gasteiger partial charge in [-0.25, -0.2) is 0 Å². The van der Waals surface area contributed by atoms with E-state index in [1.165, 1.54) is 32.8 Å². The third kappa shape index (κ3) is 3.46. The standard InChI is InChI=1S/C25H42O4/c1-15(5-8-22(28)29-4)18-6-7-19-23-20(10-12-25(18,19)3)24(2)11-9-17(26)13-16(24)14-21(23)27/h15-21,23,26-27H,5-14H2,1-4H3/t15-,16-,17+,18+,19+,20+,21-,23+,24+,25-/m1/s1. The molecule has 0 unspecified atom stereocenters. The van der Waals surface area contributed by atoms with E-state index in [2.05, 4.69) is 20.8 Å². The summed E-state index contributed by atoms with van der Waals surface area (Å²) in [6.45, 7) is 7.29. The van der Waals surface area contributed by atoms with Gasteiger partial charge in [-0.05, 0) is 104 Å². The Balaban J connectivity index is 1.53. The Morgan fingerprint density at radius 3 is 2.45 bits per heavy atom. The summed E-state index contributed by atoms with van der Waals surface area (Å²) in [5.41, 5.74) is 0.577. The highest BCUT2D eigenvalue weighted by atomic mass is 16.5. The fraction of sp³-hybridized carbons (Fsp3) is 0.960. The molecule has 4 nitrogen and oxygen atoms in total. The Morgan fingerprint density at radius 2 is 1.72 bits per heavy atom. The lowest BCUT2D eigenvalue weighted by Crippen LogP contribution is -2.58. The highest BCUT2D eigenvalue weighted by molar-refractivity contribution is 5.69. The minimum absolute atomic E-state index is 0.0959. The molecule has 10 atom stereocenters. The van der Waals surface area contributed by atoms with Gasteiger partial charge in [0.25, 0.3) is 0 Å². The molecular formula is C25H42O4. The van der Waals surface area contributed by atoms with Crippen LogP contribution in [-0.4, -0.2) is 35.5 Å². The van der Waals surface area contributed by atoms with Gasteiger partial charge in [0, 0.05) is 6.42 Å². The normalized spacial score (nSPS) is 50.2.